The normalized spacial score (nSPS) is 13.1. The van der Waals surface area contributed by atoms with Gasteiger partial charge in [-0.3, -0.25) is 19.7 Å². The number of non-ortho nitro benzene ring substituents is 1. The lowest BCUT2D eigenvalue weighted by Crippen LogP contribution is -2.29. The average Bonchev–Trinajstić information content (AvgIpc) is 2.79. The van der Waals surface area contributed by atoms with Crippen LogP contribution in [0, 0.1) is 10.1 Å². The van der Waals surface area contributed by atoms with Crippen LogP contribution in [0.2, 0.25) is 5.02 Å². The van der Waals surface area contributed by atoms with E-state index in [2.05, 4.69) is 0 Å². The fourth-order valence-electron chi connectivity index (χ4n) is 2.38. The number of carboxylic acids is 1. The summed E-state index contributed by atoms with van der Waals surface area (Å²) in [5.74, 6) is -2.78. The maximum Gasteiger partial charge on any atom is 0.335 e. The van der Waals surface area contributed by atoms with E-state index >= 15 is 0 Å². The first-order valence-corrected chi connectivity index (χ1v) is 6.89. The lowest BCUT2D eigenvalue weighted by molar-refractivity contribution is -0.384. The van der Waals surface area contributed by atoms with Crippen LogP contribution < -0.4 is 4.90 Å². The van der Waals surface area contributed by atoms with Crippen LogP contribution in [0.4, 0.5) is 11.4 Å². The molecule has 0 spiro atoms. The van der Waals surface area contributed by atoms with Crippen molar-refractivity contribution in [1.82, 2.24) is 0 Å². The number of aromatic carboxylic acids is 1. The molecule has 3 rings (SSSR count). The molecule has 0 fully saturated rings. The fraction of sp³-hybridized carbons (Fsp3) is 0. The van der Waals surface area contributed by atoms with E-state index in [0.29, 0.717) is 4.90 Å². The third-order valence-corrected chi connectivity index (χ3v) is 3.83. The quantitative estimate of drug-likeness (QED) is 0.518. The fourth-order valence-corrected chi connectivity index (χ4v) is 2.58. The molecular weight excluding hydrogens is 340 g/mol. The molecule has 0 bridgehead atoms. The Hall–Kier alpha value is -3.26. The molecule has 0 radical (unpaired) electrons. The Kier molecular flexibility index (Phi) is 3.53. The average molecular weight is 347 g/mol. The van der Waals surface area contributed by atoms with Crippen LogP contribution in [0.15, 0.2) is 36.4 Å². The molecule has 0 saturated carbocycles. The molecule has 0 saturated heterocycles. The Morgan fingerprint density at radius 3 is 2.38 bits per heavy atom. The summed E-state index contributed by atoms with van der Waals surface area (Å²) in [6, 6.07) is 6.89. The Balaban J connectivity index is 2.13. The summed E-state index contributed by atoms with van der Waals surface area (Å²) < 4.78 is 0. The highest BCUT2D eigenvalue weighted by Crippen LogP contribution is 2.35. The van der Waals surface area contributed by atoms with Gasteiger partial charge in [-0.25, -0.2) is 9.69 Å². The van der Waals surface area contributed by atoms with E-state index in [9.17, 15) is 24.5 Å². The number of nitro groups is 1. The molecule has 2 amide bonds. The minimum absolute atomic E-state index is 0.00371. The second kappa shape index (κ2) is 5.43. The zero-order chi connectivity index (χ0) is 17.6. The maximum absolute atomic E-state index is 12.5. The molecule has 0 aromatic heterocycles. The van der Waals surface area contributed by atoms with Gasteiger partial charge >= 0.3 is 5.97 Å². The minimum Gasteiger partial charge on any atom is -0.478 e. The number of carbonyl (C=O) groups excluding carboxylic acids is 2. The van der Waals surface area contributed by atoms with Gasteiger partial charge in [0.05, 0.1) is 32.3 Å². The molecule has 9 heteroatoms. The van der Waals surface area contributed by atoms with Gasteiger partial charge in [0.1, 0.15) is 0 Å². The van der Waals surface area contributed by atoms with Crippen molar-refractivity contribution >= 4 is 40.8 Å². The van der Waals surface area contributed by atoms with E-state index in [1.165, 1.54) is 18.2 Å². The first-order valence-electron chi connectivity index (χ1n) is 6.51. The van der Waals surface area contributed by atoms with Gasteiger partial charge in [-0.05, 0) is 24.3 Å². The smallest absolute Gasteiger partial charge is 0.335 e. The Bertz CT molecular complexity index is 940. The molecule has 1 heterocycles. The lowest BCUT2D eigenvalue weighted by Gasteiger charge is -2.16. The highest BCUT2D eigenvalue weighted by Gasteiger charge is 2.39. The molecular formula is C15H7ClN2O6. The number of carbonyl (C=O) groups is 3. The van der Waals surface area contributed by atoms with E-state index in [1.807, 2.05) is 0 Å². The Labute approximate surface area is 139 Å². The number of hydrogen-bond acceptors (Lipinski definition) is 5. The van der Waals surface area contributed by atoms with Crippen molar-refractivity contribution in [3.63, 3.8) is 0 Å². The van der Waals surface area contributed by atoms with E-state index in [4.69, 9.17) is 16.7 Å². The Morgan fingerprint density at radius 2 is 1.75 bits per heavy atom. The van der Waals surface area contributed by atoms with E-state index < -0.39 is 22.7 Å². The second-order valence-electron chi connectivity index (χ2n) is 4.90. The number of nitro benzene ring substituents is 1. The van der Waals surface area contributed by atoms with Gasteiger partial charge in [0.2, 0.25) is 0 Å². The summed E-state index contributed by atoms with van der Waals surface area (Å²) in [6.07, 6.45) is 0. The molecule has 120 valence electrons. The van der Waals surface area contributed by atoms with Crippen molar-refractivity contribution < 1.29 is 24.4 Å². The van der Waals surface area contributed by atoms with Crippen LogP contribution in [-0.4, -0.2) is 27.8 Å². The highest BCUT2D eigenvalue weighted by atomic mass is 35.5. The van der Waals surface area contributed by atoms with Crippen LogP contribution in [-0.2, 0) is 0 Å². The van der Waals surface area contributed by atoms with Gasteiger partial charge in [0.15, 0.2) is 0 Å². The van der Waals surface area contributed by atoms with Crippen molar-refractivity contribution in [2.75, 3.05) is 4.90 Å². The van der Waals surface area contributed by atoms with Gasteiger partial charge in [-0.2, -0.15) is 0 Å². The summed E-state index contributed by atoms with van der Waals surface area (Å²) in [5, 5.41) is 19.9. The van der Waals surface area contributed by atoms with Crippen LogP contribution >= 0.6 is 11.6 Å². The molecule has 0 aliphatic carbocycles. The third-order valence-electron chi connectivity index (χ3n) is 3.51. The summed E-state index contributed by atoms with van der Waals surface area (Å²) >= 11 is 5.99. The van der Waals surface area contributed by atoms with Crippen molar-refractivity contribution in [2.24, 2.45) is 0 Å². The van der Waals surface area contributed by atoms with Crippen molar-refractivity contribution in [3.05, 3.63) is 68.2 Å². The van der Waals surface area contributed by atoms with Crippen LogP contribution in [0.3, 0.4) is 0 Å². The summed E-state index contributed by atoms with van der Waals surface area (Å²) in [7, 11) is 0. The molecule has 2 aromatic carbocycles. The zero-order valence-corrected chi connectivity index (χ0v) is 12.5. The SMILES string of the molecule is O=C(O)c1ccc(Cl)c(N2C(=O)c3ccc([N+](=O)[O-])cc3C2=O)c1. The van der Waals surface area contributed by atoms with E-state index in [1.54, 1.807) is 0 Å². The number of rotatable bonds is 3. The zero-order valence-electron chi connectivity index (χ0n) is 11.7. The number of imide groups is 1. The number of fused-ring (bicyclic) bond motifs is 1. The van der Waals surface area contributed by atoms with Gasteiger partial charge in [0, 0.05) is 12.1 Å². The summed E-state index contributed by atoms with van der Waals surface area (Å²) in [5.41, 5.74) is -0.724. The Morgan fingerprint density at radius 1 is 1.08 bits per heavy atom. The van der Waals surface area contributed by atoms with Crippen LogP contribution in [0.1, 0.15) is 31.1 Å². The second-order valence-corrected chi connectivity index (χ2v) is 5.31. The molecule has 0 atom stereocenters. The molecule has 0 unspecified atom stereocenters. The highest BCUT2D eigenvalue weighted by molar-refractivity contribution is 6.40. The van der Waals surface area contributed by atoms with Gasteiger partial charge in [-0.15, -0.1) is 0 Å². The summed E-state index contributed by atoms with van der Waals surface area (Å²) in [4.78, 5) is 46.9. The number of hydrogen-bond donors (Lipinski definition) is 1. The number of amides is 2. The number of benzene rings is 2. The lowest BCUT2D eigenvalue weighted by atomic mass is 10.1. The molecule has 1 N–H and O–H groups in total. The molecule has 8 nitrogen and oxygen atoms in total. The number of anilines is 1. The maximum atomic E-state index is 12.5. The van der Waals surface area contributed by atoms with Gasteiger partial charge in [0.25, 0.3) is 17.5 Å². The van der Waals surface area contributed by atoms with Crippen molar-refractivity contribution in [2.45, 2.75) is 0 Å². The van der Waals surface area contributed by atoms with E-state index in [0.717, 1.165) is 18.2 Å². The predicted molar refractivity (Wildman–Crippen MR) is 82.6 cm³/mol. The number of nitrogens with zero attached hydrogens (tertiary/aromatic N) is 2. The van der Waals surface area contributed by atoms with E-state index in [-0.39, 0.29) is 33.1 Å². The third kappa shape index (κ3) is 2.29. The summed E-state index contributed by atoms with van der Waals surface area (Å²) in [6.45, 7) is 0. The van der Waals surface area contributed by atoms with Crippen LogP contribution in [0.25, 0.3) is 0 Å². The molecule has 24 heavy (non-hydrogen) atoms. The van der Waals surface area contributed by atoms with Crippen molar-refractivity contribution in [3.8, 4) is 0 Å². The first-order chi connectivity index (χ1) is 11.3. The minimum atomic E-state index is -1.25. The topological polar surface area (TPSA) is 118 Å². The van der Waals surface area contributed by atoms with Crippen molar-refractivity contribution in [1.29, 1.82) is 0 Å². The largest absolute Gasteiger partial charge is 0.478 e. The van der Waals surface area contributed by atoms with Gasteiger partial charge < -0.3 is 5.11 Å². The molecule has 2 aromatic rings. The monoisotopic (exact) mass is 346 g/mol. The van der Waals surface area contributed by atoms with Crippen LogP contribution in [0.5, 0.6) is 0 Å². The molecule has 1 aliphatic rings. The molecule has 1 aliphatic heterocycles. The number of carboxylic acid groups (broad SMARTS) is 1. The number of halogens is 1. The predicted octanol–water partition coefficient (Wildman–Crippen LogP) is 2.75. The van der Waals surface area contributed by atoms with Gasteiger partial charge in [-0.1, -0.05) is 11.6 Å². The first kappa shape index (κ1) is 15.6. The standard InChI is InChI=1S/C15H7ClN2O6/c16-11-4-1-7(15(21)22)5-12(11)17-13(19)9-3-2-8(18(23)24)6-10(9)14(17)20/h1-6H,(H,21,22).